The molecule has 1 aromatic carbocycles. The van der Waals surface area contributed by atoms with Crippen LogP contribution in [0.3, 0.4) is 0 Å². The van der Waals surface area contributed by atoms with E-state index < -0.39 is 52.6 Å². The van der Waals surface area contributed by atoms with Gasteiger partial charge in [-0.2, -0.15) is 0 Å². The van der Waals surface area contributed by atoms with E-state index in [9.17, 15) is 15.0 Å². The minimum Gasteiger partial charge on any atom is -0.543 e. The van der Waals surface area contributed by atoms with Gasteiger partial charge in [-0.05, 0) is 53.5 Å². The summed E-state index contributed by atoms with van der Waals surface area (Å²) in [7, 11) is -3.60. The van der Waals surface area contributed by atoms with Gasteiger partial charge in [0.2, 0.25) is 8.32 Å². The smallest absolute Gasteiger partial charge is 0.415 e. The van der Waals surface area contributed by atoms with E-state index in [-0.39, 0.29) is 5.04 Å². The summed E-state index contributed by atoms with van der Waals surface area (Å²) in [6, 6.07) is 5.58. The first-order valence-electron chi connectivity index (χ1n) is 13.3. The lowest BCUT2D eigenvalue weighted by molar-refractivity contribution is -0.0210. The monoisotopic (exact) mass is 553 g/mol. The van der Waals surface area contributed by atoms with Crippen molar-refractivity contribution in [2.75, 3.05) is 11.5 Å². The van der Waals surface area contributed by atoms with Gasteiger partial charge in [-0.1, -0.05) is 59.2 Å². The number of hydrogen-bond donors (Lipinski definition) is 2. The van der Waals surface area contributed by atoms with Crippen LogP contribution < -0.4 is 9.33 Å². The predicted octanol–water partition coefficient (Wildman–Crippen LogP) is 5.74. The van der Waals surface area contributed by atoms with Crippen LogP contribution in [0.15, 0.2) is 23.8 Å². The quantitative estimate of drug-likeness (QED) is 0.359. The molecule has 0 unspecified atom stereocenters. The van der Waals surface area contributed by atoms with Gasteiger partial charge in [-0.25, -0.2) is 4.79 Å². The highest BCUT2D eigenvalue weighted by molar-refractivity contribution is 6.76. The second kappa shape index (κ2) is 10.6. The Morgan fingerprint density at radius 3 is 2.24 bits per heavy atom. The average molecular weight is 554 g/mol. The van der Waals surface area contributed by atoms with Crippen molar-refractivity contribution < 1.29 is 24.2 Å². The largest absolute Gasteiger partial charge is 0.543 e. The number of amides is 1. The van der Waals surface area contributed by atoms with Gasteiger partial charge in [0.1, 0.15) is 11.8 Å². The predicted molar refractivity (Wildman–Crippen MR) is 159 cm³/mol. The van der Waals surface area contributed by atoms with Crippen LogP contribution in [-0.4, -0.2) is 57.6 Å². The summed E-state index contributed by atoms with van der Waals surface area (Å²) in [5.41, 5.74) is 2.57. The molecule has 2 aliphatic rings. The third kappa shape index (κ3) is 5.60. The van der Waals surface area contributed by atoms with Crippen molar-refractivity contribution in [2.45, 2.75) is 89.8 Å². The highest BCUT2D eigenvalue weighted by Crippen LogP contribution is 2.50. The van der Waals surface area contributed by atoms with Crippen LogP contribution >= 0.6 is 0 Å². The fraction of sp³-hybridized carbons (Fsp3) is 0.567. The maximum absolute atomic E-state index is 13.6. The molecule has 1 aliphatic carbocycles. The van der Waals surface area contributed by atoms with E-state index in [0.717, 1.165) is 6.04 Å². The zero-order chi connectivity index (χ0) is 28.8. The lowest BCUT2D eigenvalue weighted by atomic mass is 9.67. The van der Waals surface area contributed by atoms with E-state index in [4.69, 9.17) is 22.0 Å². The van der Waals surface area contributed by atoms with Crippen LogP contribution in [0.2, 0.25) is 43.8 Å². The number of benzene rings is 1. The van der Waals surface area contributed by atoms with Gasteiger partial charge in [0.05, 0.1) is 30.4 Å². The van der Waals surface area contributed by atoms with Crippen LogP contribution in [0.4, 0.5) is 10.5 Å². The van der Waals surface area contributed by atoms with E-state index >= 15 is 0 Å². The lowest BCUT2D eigenvalue weighted by Gasteiger charge is -2.46. The Bertz CT molecular complexity index is 1190. The molecule has 1 amide bonds. The van der Waals surface area contributed by atoms with Crippen LogP contribution in [0.25, 0.3) is 5.57 Å². The van der Waals surface area contributed by atoms with E-state index in [2.05, 4.69) is 65.3 Å². The molecule has 206 valence electrons. The van der Waals surface area contributed by atoms with Crippen LogP contribution in [0, 0.1) is 36.5 Å². The van der Waals surface area contributed by atoms with Crippen LogP contribution in [0.5, 0.6) is 5.75 Å². The molecule has 0 bridgehead atoms. The molecule has 1 aliphatic heterocycles. The number of carbonyl (C=O) groups excluding carboxylic acids is 1. The molecule has 1 aromatic rings. The van der Waals surface area contributed by atoms with Crippen molar-refractivity contribution in [3.05, 3.63) is 29.3 Å². The zero-order valence-electron chi connectivity index (χ0n) is 24.3. The zero-order valence-corrected chi connectivity index (χ0v) is 26.3. The van der Waals surface area contributed by atoms with E-state index in [1.54, 1.807) is 6.92 Å². The highest BCUT2D eigenvalue weighted by atomic mass is 28.4. The average Bonchev–Trinajstić information content (AvgIpc) is 2.80. The summed E-state index contributed by atoms with van der Waals surface area (Å²) in [4.78, 5) is 15.1. The molecule has 2 N–H and O–H groups in total. The summed E-state index contributed by atoms with van der Waals surface area (Å²) in [6.45, 7) is 19.6. The molecule has 0 aromatic heterocycles. The first-order valence-corrected chi connectivity index (χ1v) is 19.9. The van der Waals surface area contributed by atoms with Crippen molar-refractivity contribution in [1.82, 2.24) is 0 Å². The van der Waals surface area contributed by atoms with Crippen molar-refractivity contribution in [2.24, 2.45) is 11.8 Å². The highest BCUT2D eigenvalue weighted by Gasteiger charge is 2.49. The molecule has 1 heterocycles. The molecule has 5 atom stereocenters. The number of anilines is 1. The Balaban J connectivity index is 2.21. The van der Waals surface area contributed by atoms with Crippen LogP contribution in [0.1, 0.15) is 33.3 Å². The Morgan fingerprint density at radius 2 is 1.71 bits per heavy atom. The third-order valence-electron chi connectivity index (χ3n) is 8.18. The Labute approximate surface area is 230 Å². The molecule has 38 heavy (non-hydrogen) atoms. The van der Waals surface area contributed by atoms with Gasteiger partial charge in [0.15, 0.2) is 0 Å². The molecule has 6 nitrogen and oxygen atoms in total. The molecule has 0 fully saturated rings. The minimum absolute atomic E-state index is 0.0187. The molecule has 0 saturated carbocycles. The number of aliphatic hydroxyl groups excluding tert-OH is 2. The summed E-state index contributed by atoms with van der Waals surface area (Å²) in [5, 5.41) is 21.8. The summed E-state index contributed by atoms with van der Waals surface area (Å²) >= 11 is 0. The number of rotatable bonds is 5. The maximum atomic E-state index is 13.6. The number of hydrogen-bond acceptors (Lipinski definition) is 5. The maximum Gasteiger partial charge on any atom is 0.415 e. The van der Waals surface area contributed by atoms with Gasteiger partial charge in [0, 0.05) is 19.6 Å². The topological polar surface area (TPSA) is 79.2 Å². The SMILES string of the molecule is C#C[C@H]1C2=C([C@@H](C)[C@H](O)[C@@H]1O)[C@H](C#C)N(C(=O)OCC[Si](C)(C)C)c1ccc(O[Si](C)(C)C(C)(C)C)cc12. The number of aliphatic hydroxyl groups is 2. The Hall–Kier alpha value is -2.50. The van der Waals surface area contributed by atoms with Gasteiger partial charge in [-0.3, -0.25) is 4.90 Å². The van der Waals surface area contributed by atoms with Crippen molar-refractivity contribution in [1.29, 1.82) is 0 Å². The number of ether oxygens (including phenoxy) is 1. The molecular weight excluding hydrogens is 511 g/mol. The van der Waals surface area contributed by atoms with Crippen molar-refractivity contribution >= 4 is 33.7 Å². The third-order valence-corrected chi connectivity index (χ3v) is 14.2. The Kier molecular flexibility index (Phi) is 8.37. The molecular formula is C30H43NO5Si2. The summed E-state index contributed by atoms with van der Waals surface area (Å²) < 4.78 is 12.3. The summed E-state index contributed by atoms with van der Waals surface area (Å²) in [6.07, 6.45) is 9.13. The molecule has 3 rings (SSSR count). The normalized spacial score (nSPS) is 25.6. The lowest BCUT2D eigenvalue weighted by Crippen LogP contribution is -2.52. The van der Waals surface area contributed by atoms with E-state index in [1.165, 1.54) is 4.90 Å². The number of nitrogens with zero attached hydrogens (tertiary/aromatic N) is 1. The van der Waals surface area contributed by atoms with E-state index in [0.29, 0.717) is 34.8 Å². The van der Waals surface area contributed by atoms with Crippen molar-refractivity contribution in [3.8, 4) is 30.4 Å². The first-order chi connectivity index (χ1) is 17.4. The van der Waals surface area contributed by atoms with Gasteiger partial charge in [-0.15, -0.1) is 12.8 Å². The van der Waals surface area contributed by atoms with Crippen molar-refractivity contribution in [3.63, 3.8) is 0 Å². The molecule has 0 saturated heterocycles. The number of carbonyl (C=O) groups is 1. The summed E-state index contributed by atoms with van der Waals surface area (Å²) in [5.74, 6) is 4.78. The van der Waals surface area contributed by atoms with Crippen LogP contribution in [-0.2, 0) is 4.74 Å². The Morgan fingerprint density at radius 1 is 1.08 bits per heavy atom. The fourth-order valence-corrected chi connectivity index (χ4v) is 6.52. The standard InChI is InChI=1S/C30H43NO5Si2/c1-12-21-26-22-18-20(36-38(10,11)30(4,5)6)14-15-24(22)31(29(34)35-16-17-37(7,8)9)23(13-2)25(26)19(3)27(32)28(21)33/h1-2,14-15,18-19,21,23,27-28,32-33H,16-17H2,3-11H3/t19-,21+,23+,27+,28-/m1/s1. The molecule has 8 heteroatoms. The minimum atomic E-state index is -2.17. The number of terminal acetylenes is 2. The molecule has 0 spiro atoms. The molecule has 0 radical (unpaired) electrons. The second-order valence-corrected chi connectivity index (χ2v) is 23.5. The van der Waals surface area contributed by atoms with Gasteiger partial charge >= 0.3 is 6.09 Å². The van der Waals surface area contributed by atoms with Gasteiger partial charge < -0.3 is 19.4 Å². The van der Waals surface area contributed by atoms with E-state index in [1.807, 2.05) is 18.2 Å². The fourth-order valence-electron chi connectivity index (χ4n) is 4.79. The van der Waals surface area contributed by atoms with Gasteiger partial charge in [0.25, 0.3) is 0 Å². The number of fused-ring (bicyclic) bond motifs is 2. The first kappa shape index (κ1) is 30.1. The second-order valence-electron chi connectivity index (χ2n) is 13.2.